The Morgan fingerprint density at radius 1 is 1.12 bits per heavy atom. The molecular formula is C22H17NO3. The van der Waals surface area contributed by atoms with E-state index in [0.717, 1.165) is 16.3 Å². The van der Waals surface area contributed by atoms with Crippen molar-refractivity contribution in [3.8, 4) is 11.8 Å². The first-order chi connectivity index (χ1) is 12.6. The molecule has 0 aliphatic carbocycles. The molecule has 0 saturated carbocycles. The van der Waals surface area contributed by atoms with Crippen LogP contribution < -0.4 is 4.74 Å². The van der Waals surface area contributed by atoms with Gasteiger partial charge >= 0.3 is 5.97 Å². The van der Waals surface area contributed by atoms with Crippen molar-refractivity contribution in [3.05, 3.63) is 82.9 Å². The quantitative estimate of drug-likeness (QED) is 0.537. The van der Waals surface area contributed by atoms with E-state index in [2.05, 4.69) is 0 Å². The van der Waals surface area contributed by atoms with Crippen LogP contribution in [0.2, 0.25) is 0 Å². The molecule has 1 N–H and O–H groups in total. The molecule has 0 amide bonds. The van der Waals surface area contributed by atoms with Crippen LogP contribution in [0.15, 0.2) is 66.2 Å². The van der Waals surface area contributed by atoms with Gasteiger partial charge in [0.1, 0.15) is 24.0 Å². The van der Waals surface area contributed by atoms with Crippen molar-refractivity contribution < 1.29 is 14.6 Å². The Balaban J connectivity index is 2.04. The molecule has 4 heteroatoms. The molecule has 0 aromatic heterocycles. The SMILES string of the molecule is Cc1ccc(COc2ccc3ccccc3c2C=C(C#N)C(=O)O)cc1. The van der Waals surface area contributed by atoms with Crippen LogP contribution in [0.1, 0.15) is 16.7 Å². The topological polar surface area (TPSA) is 70.3 Å². The number of nitriles is 1. The minimum Gasteiger partial charge on any atom is -0.488 e. The zero-order chi connectivity index (χ0) is 18.5. The van der Waals surface area contributed by atoms with Gasteiger partial charge in [-0.15, -0.1) is 0 Å². The highest BCUT2D eigenvalue weighted by Gasteiger charge is 2.12. The Hall–Kier alpha value is -3.58. The van der Waals surface area contributed by atoms with E-state index >= 15 is 0 Å². The van der Waals surface area contributed by atoms with Gasteiger partial charge in [-0.1, -0.05) is 60.2 Å². The number of nitrogens with zero attached hydrogens (tertiary/aromatic N) is 1. The third-order valence-corrected chi connectivity index (χ3v) is 4.09. The number of carbonyl (C=O) groups is 1. The van der Waals surface area contributed by atoms with Gasteiger partial charge in [-0.2, -0.15) is 5.26 Å². The number of carboxylic acids is 1. The van der Waals surface area contributed by atoms with Gasteiger partial charge in [0.2, 0.25) is 0 Å². The summed E-state index contributed by atoms with van der Waals surface area (Å²) in [4.78, 5) is 11.3. The number of aryl methyl sites for hydroxylation is 1. The molecule has 3 aromatic rings. The Morgan fingerprint density at radius 3 is 2.54 bits per heavy atom. The van der Waals surface area contributed by atoms with E-state index in [1.807, 2.05) is 61.5 Å². The predicted molar refractivity (Wildman–Crippen MR) is 101 cm³/mol. The number of aliphatic carboxylic acids is 1. The molecule has 0 heterocycles. The van der Waals surface area contributed by atoms with Crippen molar-refractivity contribution >= 4 is 22.8 Å². The fourth-order valence-electron chi connectivity index (χ4n) is 2.68. The minimum absolute atomic E-state index is 0.332. The lowest BCUT2D eigenvalue weighted by Gasteiger charge is -2.12. The second-order valence-corrected chi connectivity index (χ2v) is 5.95. The normalized spacial score (nSPS) is 11.2. The maximum absolute atomic E-state index is 11.3. The summed E-state index contributed by atoms with van der Waals surface area (Å²) in [6, 6.07) is 21.1. The first-order valence-electron chi connectivity index (χ1n) is 8.13. The van der Waals surface area contributed by atoms with Gasteiger partial charge in [0, 0.05) is 5.56 Å². The summed E-state index contributed by atoms with van der Waals surface area (Å²) in [5.41, 5.74) is 2.44. The zero-order valence-corrected chi connectivity index (χ0v) is 14.3. The van der Waals surface area contributed by atoms with E-state index in [1.54, 1.807) is 12.1 Å². The van der Waals surface area contributed by atoms with E-state index in [0.29, 0.717) is 17.9 Å². The van der Waals surface area contributed by atoms with Crippen LogP contribution in [0, 0.1) is 18.3 Å². The van der Waals surface area contributed by atoms with Gasteiger partial charge in [-0.05, 0) is 35.4 Å². The van der Waals surface area contributed by atoms with Gasteiger partial charge in [0.15, 0.2) is 0 Å². The average Bonchev–Trinajstić information content (AvgIpc) is 2.65. The maximum atomic E-state index is 11.3. The molecule has 0 aliphatic heterocycles. The summed E-state index contributed by atoms with van der Waals surface area (Å²) < 4.78 is 5.95. The molecule has 3 rings (SSSR count). The van der Waals surface area contributed by atoms with Gasteiger partial charge < -0.3 is 9.84 Å². The van der Waals surface area contributed by atoms with E-state index in [4.69, 9.17) is 10.00 Å². The summed E-state index contributed by atoms with van der Waals surface area (Å²) in [6.07, 6.45) is 1.37. The third-order valence-electron chi connectivity index (χ3n) is 4.09. The largest absolute Gasteiger partial charge is 0.488 e. The highest BCUT2D eigenvalue weighted by atomic mass is 16.5. The molecule has 3 aromatic carbocycles. The molecular weight excluding hydrogens is 326 g/mol. The van der Waals surface area contributed by atoms with E-state index < -0.39 is 5.97 Å². The van der Waals surface area contributed by atoms with Crippen molar-refractivity contribution in [3.63, 3.8) is 0 Å². The summed E-state index contributed by atoms with van der Waals surface area (Å²) in [6.45, 7) is 2.38. The van der Waals surface area contributed by atoms with E-state index in [-0.39, 0.29) is 5.57 Å². The number of fused-ring (bicyclic) bond motifs is 1. The molecule has 4 nitrogen and oxygen atoms in total. The molecule has 0 fully saturated rings. The molecule has 128 valence electrons. The smallest absolute Gasteiger partial charge is 0.346 e. The maximum Gasteiger partial charge on any atom is 0.346 e. The van der Waals surface area contributed by atoms with E-state index in [9.17, 15) is 9.90 Å². The molecule has 0 atom stereocenters. The highest BCUT2D eigenvalue weighted by molar-refractivity contribution is 6.01. The number of carboxylic acid groups (broad SMARTS) is 1. The molecule has 0 spiro atoms. The van der Waals surface area contributed by atoms with Crippen LogP contribution in [0.5, 0.6) is 5.75 Å². The van der Waals surface area contributed by atoms with Crippen molar-refractivity contribution in [1.29, 1.82) is 5.26 Å². The second-order valence-electron chi connectivity index (χ2n) is 5.95. The summed E-state index contributed by atoms with van der Waals surface area (Å²) >= 11 is 0. The molecule has 0 saturated heterocycles. The molecule has 0 unspecified atom stereocenters. The molecule has 26 heavy (non-hydrogen) atoms. The van der Waals surface area contributed by atoms with Gasteiger partial charge in [0.05, 0.1) is 0 Å². The monoisotopic (exact) mass is 343 g/mol. The van der Waals surface area contributed by atoms with Gasteiger partial charge in [-0.25, -0.2) is 4.79 Å². The first-order valence-corrected chi connectivity index (χ1v) is 8.13. The van der Waals surface area contributed by atoms with Crippen molar-refractivity contribution in [2.75, 3.05) is 0 Å². The zero-order valence-electron chi connectivity index (χ0n) is 14.3. The van der Waals surface area contributed by atoms with Crippen molar-refractivity contribution in [1.82, 2.24) is 0 Å². The van der Waals surface area contributed by atoms with Crippen LogP contribution in [0.4, 0.5) is 0 Å². The predicted octanol–water partition coefficient (Wildman–Crippen LogP) is 4.72. The van der Waals surface area contributed by atoms with Crippen LogP contribution in [-0.2, 0) is 11.4 Å². The first kappa shape index (κ1) is 17.2. The van der Waals surface area contributed by atoms with Crippen molar-refractivity contribution in [2.45, 2.75) is 13.5 Å². The lowest BCUT2D eigenvalue weighted by molar-refractivity contribution is -0.132. The fourth-order valence-corrected chi connectivity index (χ4v) is 2.68. The Bertz CT molecular complexity index is 1030. The lowest BCUT2D eigenvalue weighted by Crippen LogP contribution is -2.00. The van der Waals surface area contributed by atoms with Gasteiger partial charge in [0.25, 0.3) is 0 Å². The van der Waals surface area contributed by atoms with Crippen molar-refractivity contribution in [2.24, 2.45) is 0 Å². The fraction of sp³-hybridized carbons (Fsp3) is 0.0909. The molecule has 0 aliphatic rings. The number of rotatable bonds is 5. The number of hydrogen-bond donors (Lipinski definition) is 1. The van der Waals surface area contributed by atoms with Gasteiger partial charge in [-0.3, -0.25) is 0 Å². The van der Waals surface area contributed by atoms with E-state index in [1.165, 1.54) is 11.6 Å². The van der Waals surface area contributed by atoms with Crippen LogP contribution in [0.25, 0.3) is 16.8 Å². The minimum atomic E-state index is -1.26. The van der Waals surface area contributed by atoms with Crippen LogP contribution >= 0.6 is 0 Å². The summed E-state index contributed by atoms with van der Waals surface area (Å²) in [5.74, 6) is -0.719. The number of ether oxygens (including phenoxy) is 1. The Morgan fingerprint density at radius 2 is 1.85 bits per heavy atom. The lowest BCUT2D eigenvalue weighted by atomic mass is 10.0. The van der Waals surface area contributed by atoms with Crippen LogP contribution in [-0.4, -0.2) is 11.1 Å². The molecule has 0 bridgehead atoms. The van der Waals surface area contributed by atoms with Crippen LogP contribution in [0.3, 0.4) is 0 Å². The number of benzene rings is 3. The molecule has 0 radical (unpaired) electrons. The summed E-state index contributed by atoms with van der Waals surface area (Å²) in [7, 11) is 0. The third kappa shape index (κ3) is 3.73. The second kappa shape index (κ2) is 7.54. The standard InChI is InChI=1S/C22H17NO3/c1-15-6-8-16(9-7-15)14-26-21-11-10-17-4-2-3-5-19(17)20(21)12-18(13-23)22(24)25/h2-12H,14H2,1H3,(H,24,25). The number of hydrogen-bond acceptors (Lipinski definition) is 3. The average molecular weight is 343 g/mol. The Kier molecular flexibility index (Phi) is 5.00. The highest BCUT2D eigenvalue weighted by Crippen LogP contribution is 2.31. The Labute approximate surface area is 151 Å². The summed E-state index contributed by atoms with van der Waals surface area (Å²) in [5, 5.41) is 20.1.